The molecule has 0 aliphatic carbocycles. The van der Waals surface area contributed by atoms with E-state index in [-0.39, 0.29) is 0 Å². The summed E-state index contributed by atoms with van der Waals surface area (Å²) in [6.45, 7) is 21.0. The average molecular weight is 277 g/mol. The summed E-state index contributed by atoms with van der Waals surface area (Å²) >= 11 is 4.21. The summed E-state index contributed by atoms with van der Waals surface area (Å²) in [4.78, 5) is 0. The first kappa shape index (κ1) is 17.7. The molecule has 0 saturated carbocycles. The predicted octanol–water partition coefficient (Wildman–Crippen LogP) is 5.71. The summed E-state index contributed by atoms with van der Waals surface area (Å²) in [5, 5.41) is 0. The van der Waals surface area contributed by atoms with Gasteiger partial charge in [0.05, 0.1) is 0 Å². The Bertz CT molecular complexity index is 195. The van der Waals surface area contributed by atoms with Crippen LogP contribution in [-0.4, -0.2) is 21.0 Å². The van der Waals surface area contributed by atoms with Gasteiger partial charge < -0.3 is 0 Å². The van der Waals surface area contributed by atoms with E-state index in [0.29, 0.717) is 14.9 Å². The average Bonchev–Trinajstić information content (AvgIpc) is 1.96. The molecule has 0 N–H and O–H groups in total. The molecule has 0 fully saturated rings. The Morgan fingerprint density at radius 2 is 0.941 bits per heavy atom. The Labute approximate surface area is 118 Å². The van der Waals surface area contributed by atoms with Crippen molar-refractivity contribution in [2.24, 2.45) is 11.3 Å². The summed E-state index contributed by atoms with van der Waals surface area (Å²) in [5.41, 5.74) is 0.413. The predicted molar refractivity (Wildman–Crippen MR) is 87.4 cm³/mol. The number of thioether (sulfide) groups is 2. The number of hydrogen-bond acceptors (Lipinski definition) is 2. The molecule has 0 aromatic rings. The Morgan fingerprint density at radius 3 is 1.12 bits per heavy atom. The van der Waals surface area contributed by atoms with E-state index in [1.165, 1.54) is 11.5 Å². The fourth-order valence-electron chi connectivity index (χ4n) is 1.25. The highest BCUT2D eigenvalue weighted by atomic mass is 32.2. The van der Waals surface area contributed by atoms with Gasteiger partial charge in [0, 0.05) is 9.49 Å². The van der Waals surface area contributed by atoms with E-state index < -0.39 is 0 Å². The number of rotatable bonds is 4. The van der Waals surface area contributed by atoms with Crippen LogP contribution in [0.1, 0.15) is 62.3 Å². The summed E-state index contributed by atoms with van der Waals surface area (Å²) in [6.07, 6.45) is 0. The first-order valence-corrected chi connectivity index (χ1v) is 8.56. The maximum atomic E-state index is 2.38. The third kappa shape index (κ3) is 10.3. The Balaban J connectivity index is 4.37. The Morgan fingerprint density at radius 1 is 0.647 bits per heavy atom. The molecule has 0 saturated heterocycles. The summed E-state index contributed by atoms with van der Waals surface area (Å²) in [7, 11) is 0. The lowest BCUT2D eigenvalue weighted by molar-refractivity contribution is 0.293. The van der Waals surface area contributed by atoms with Crippen molar-refractivity contribution < 1.29 is 0 Å². The minimum Gasteiger partial charge on any atom is -0.156 e. The molecule has 104 valence electrons. The molecule has 0 bridgehead atoms. The molecular weight excluding hydrogens is 244 g/mol. The normalized spacial score (nSPS) is 14.5. The van der Waals surface area contributed by atoms with Gasteiger partial charge in [-0.2, -0.15) is 23.5 Å². The molecule has 0 aliphatic rings. The van der Waals surface area contributed by atoms with Crippen LogP contribution in [0.3, 0.4) is 0 Å². The van der Waals surface area contributed by atoms with E-state index in [9.17, 15) is 0 Å². The fraction of sp³-hybridized carbons (Fsp3) is 1.00. The quantitative estimate of drug-likeness (QED) is 0.645. The van der Waals surface area contributed by atoms with Crippen LogP contribution in [0.15, 0.2) is 0 Å². The van der Waals surface area contributed by atoms with E-state index in [4.69, 9.17) is 0 Å². The van der Waals surface area contributed by atoms with Gasteiger partial charge in [-0.15, -0.1) is 0 Å². The van der Waals surface area contributed by atoms with Crippen LogP contribution in [0.2, 0.25) is 0 Å². The van der Waals surface area contributed by atoms with Crippen molar-refractivity contribution >= 4 is 23.5 Å². The molecule has 17 heavy (non-hydrogen) atoms. The van der Waals surface area contributed by atoms with Crippen molar-refractivity contribution in [3.63, 3.8) is 0 Å². The van der Waals surface area contributed by atoms with Crippen LogP contribution < -0.4 is 0 Å². The van der Waals surface area contributed by atoms with Gasteiger partial charge in [0.1, 0.15) is 0 Å². The summed E-state index contributed by atoms with van der Waals surface area (Å²) in [6, 6.07) is 0. The minimum absolute atomic E-state index is 0.385. The number of hydrogen-bond donors (Lipinski definition) is 0. The molecule has 0 amide bonds. The van der Waals surface area contributed by atoms with Crippen molar-refractivity contribution in [3.8, 4) is 0 Å². The van der Waals surface area contributed by atoms with Gasteiger partial charge in [-0.1, -0.05) is 62.3 Å². The van der Waals surface area contributed by atoms with Crippen LogP contribution in [0, 0.1) is 11.3 Å². The zero-order chi connectivity index (χ0) is 13.9. The molecule has 0 heterocycles. The van der Waals surface area contributed by atoms with Crippen molar-refractivity contribution in [1.29, 1.82) is 0 Å². The monoisotopic (exact) mass is 276 g/mol. The van der Waals surface area contributed by atoms with E-state index in [1.54, 1.807) is 0 Å². The Kier molecular flexibility index (Phi) is 6.49. The second-order valence-corrected chi connectivity index (χ2v) is 11.6. The molecule has 0 unspecified atom stereocenters. The highest BCUT2D eigenvalue weighted by Crippen LogP contribution is 2.38. The third-order valence-corrected chi connectivity index (χ3v) is 5.53. The lowest BCUT2D eigenvalue weighted by Gasteiger charge is -2.34. The molecule has 0 nitrogen and oxygen atoms in total. The van der Waals surface area contributed by atoms with Gasteiger partial charge in [0.2, 0.25) is 0 Å². The molecular formula is C15H32S2. The van der Waals surface area contributed by atoms with E-state index in [2.05, 4.69) is 85.8 Å². The molecule has 0 radical (unpaired) electrons. The summed E-state index contributed by atoms with van der Waals surface area (Å²) < 4.78 is 0.770. The zero-order valence-electron chi connectivity index (χ0n) is 13.3. The van der Waals surface area contributed by atoms with Crippen molar-refractivity contribution in [2.45, 2.75) is 71.8 Å². The van der Waals surface area contributed by atoms with Crippen molar-refractivity contribution in [1.82, 2.24) is 0 Å². The van der Waals surface area contributed by atoms with E-state index >= 15 is 0 Å². The molecule has 0 spiro atoms. The van der Waals surface area contributed by atoms with Gasteiger partial charge in [0.25, 0.3) is 0 Å². The SMILES string of the molecule is CC(C)(C)SCC(CSC(C)(C)C)C(C)(C)C. The molecule has 0 aromatic heterocycles. The lowest BCUT2D eigenvalue weighted by atomic mass is 9.83. The van der Waals surface area contributed by atoms with Crippen LogP contribution in [0.5, 0.6) is 0 Å². The molecule has 0 aromatic carbocycles. The van der Waals surface area contributed by atoms with Crippen molar-refractivity contribution in [2.75, 3.05) is 11.5 Å². The Hall–Kier alpha value is 0.700. The topological polar surface area (TPSA) is 0 Å². The van der Waals surface area contributed by atoms with Gasteiger partial charge in [0.15, 0.2) is 0 Å². The lowest BCUT2D eigenvalue weighted by Crippen LogP contribution is -2.28. The van der Waals surface area contributed by atoms with Gasteiger partial charge in [-0.25, -0.2) is 0 Å². The van der Waals surface area contributed by atoms with Crippen LogP contribution in [-0.2, 0) is 0 Å². The van der Waals surface area contributed by atoms with Gasteiger partial charge >= 0.3 is 0 Å². The first-order chi connectivity index (χ1) is 7.31. The second kappa shape index (κ2) is 6.23. The molecule has 0 rings (SSSR count). The highest BCUT2D eigenvalue weighted by Gasteiger charge is 2.28. The van der Waals surface area contributed by atoms with E-state index in [1.807, 2.05) is 0 Å². The smallest absolute Gasteiger partial charge is 0.00752 e. The highest BCUT2D eigenvalue weighted by molar-refractivity contribution is 8.01. The molecule has 0 atom stereocenters. The van der Waals surface area contributed by atoms with Crippen LogP contribution in [0.25, 0.3) is 0 Å². The molecule has 2 heteroatoms. The fourth-order valence-corrected chi connectivity index (χ4v) is 4.04. The summed E-state index contributed by atoms with van der Waals surface area (Å²) in [5.74, 6) is 3.34. The van der Waals surface area contributed by atoms with Crippen LogP contribution >= 0.6 is 23.5 Å². The second-order valence-electron chi connectivity index (χ2n) is 7.91. The van der Waals surface area contributed by atoms with Gasteiger partial charge in [-0.05, 0) is 22.8 Å². The van der Waals surface area contributed by atoms with Crippen LogP contribution in [0.4, 0.5) is 0 Å². The molecule has 0 aliphatic heterocycles. The maximum Gasteiger partial charge on any atom is 0.00752 e. The first-order valence-electron chi connectivity index (χ1n) is 6.59. The largest absolute Gasteiger partial charge is 0.156 e. The van der Waals surface area contributed by atoms with E-state index in [0.717, 1.165) is 5.92 Å². The van der Waals surface area contributed by atoms with Crippen molar-refractivity contribution in [3.05, 3.63) is 0 Å². The third-order valence-electron chi connectivity index (χ3n) is 2.66. The van der Waals surface area contributed by atoms with Gasteiger partial charge in [-0.3, -0.25) is 0 Å². The maximum absolute atomic E-state index is 2.38. The standard InChI is InChI=1S/C15H32S2/c1-13(2,3)12(10-16-14(4,5)6)11-17-15(7,8)9/h12H,10-11H2,1-9H3. The minimum atomic E-state index is 0.385. The zero-order valence-corrected chi connectivity index (χ0v) is 14.9.